The third-order valence-electron chi connectivity index (χ3n) is 4.56. The predicted octanol–water partition coefficient (Wildman–Crippen LogP) is 2.01. The third-order valence-corrected chi connectivity index (χ3v) is 4.56. The monoisotopic (exact) mass is 292 g/mol. The van der Waals surface area contributed by atoms with Crippen LogP contribution >= 0.6 is 0 Å². The summed E-state index contributed by atoms with van der Waals surface area (Å²) >= 11 is 0. The molecule has 1 aromatic rings. The number of carbonyl (C=O) groups is 1. The van der Waals surface area contributed by atoms with E-state index in [0.717, 1.165) is 31.4 Å². The number of ether oxygens (including phenoxy) is 1. The second-order valence-corrected chi connectivity index (χ2v) is 6.22. The first-order chi connectivity index (χ1) is 10.1. The fourth-order valence-corrected chi connectivity index (χ4v) is 3.43. The van der Waals surface area contributed by atoms with Crippen molar-refractivity contribution in [1.29, 1.82) is 0 Å². The fraction of sp³-hybridized carbons (Fsp3) is 0.688. The standard InChI is InChI=1S/C16H24N2O3/c1-12-8-17-7-3-4-14(17)9-18(12)10-15-5-6-16(21-15)11-20-13(2)19/h5-6,12,14H,3-4,7-11H2,1-2H3/t12-,14-/m1/s1. The Bertz CT molecular complexity index is 499. The molecule has 5 heteroatoms. The van der Waals surface area contributed by atoms with Gasteiger partial charge in [-0.2, -0.15) is 0 Å². The molecule has 1 aromatic heterocycles. The molecule has 2 atom stereocenters. The molecule has 0 bridgehead atoms. The maximum absolute atomic E-state index is 10.8. The van der Waals surface area contributed by atoms with Crippen LogP contribution in [0.5, 0.6) is 0 Å². The van der Waals surface area contributed by atoms with Gasteiger partial charge in [-0.25, -0.2) is 0 Å². The topological polar surface area (TPSA) is 45.9 Å². The van der Waals surface area contributed by atoms with Gasteiger partial charge in [0.25, 0.3) is 0 Å². The highest BCUT2D eigenvalue weighted by Gasteiger charge is 2.34. The number of carbonyl (C=O) groups excluding carboxylic acids is 1. The molecule has 0 saturated carbocycles. The molecule has 2 aliphatic rings. The molecule has 3 heterocycles. The zero-order valence-electron chi connectivity index (χ0n) is 12.9. The summed E-state index contributed by atoms with van der Waals surface area (Å²) in [5.41, 5.74) is 0. The Kier molecular flexibility index (Phi) is 4.31. The minimum absolute atomic E-state index is 0.224. The molecule has 116 valence electrons. The number of fused-ring (bicyclic) bond motifs is 1. The first-order valence-electron chi connectivity index (χ1n) is 7.81. The first-order valence-corrected chi connectivity index (χ1v) is 7.81. The van der Waals surface area contributed by atoms with Gasteiger partial charge in [-0.15, -0.1) is 0 Å². The van der Waals surface area contributed by atoms with Crippen LogP contribution in [0.25, 0.3) is 0 Å². The van der Waals surface area contributed by atoms with Gasteiger partial charge in [-0.1, -0.05) is 0 Å². The molecular weight excluding hydrogens is 268 g/mol. The fourth-order valence-electron chi connectivity index (χ4n) is 3.43. The minimum Gasteiger partial charge on any atom is -0.461 e. The van der Waals surface area contributed by atoms with E-state index in [4.69, 9.17) is 9.15 Å². The maximum atomic E-state index is 10.8. The van der Waals surface area contributed by atoms with E-state index in [0.29, 0.717) is 11.8 Å². The molecule has 0 radical (unpaired) electrons. The van der Waals surface area contributed by atoms with Crippen LogP contribution < -0.4 is 0 Å². The Labute approximate surface area is 125 Å². The van der Waals surface area contributed by atoms with Gasteiger partial charge in [-0.3, -0.25) is 14.6 Å². The van der Waals surface area contributed by atoms with Crippen molar-refractivity contribution in [3.8, 4) is 0 Å². The van der Waals surface area contributed by atoms with Gasteiger partial charge in [0.15, 0.2) is 0 Å². The van der Waals surface area contributed by atoms with Crippen molar-refractivity contribution < 1.29 is 13.9 Å². The van der Waals surface area contributed by atoms with Crippen LogP contribution in [0.2, 0.25) is 0 Å². The summed E-state index contributed by atoms with van der Waals surface area (Å²) in [6, 6.07) is 5.17. The normalized spacial score (nSPS) is 26.8. The number of furan rings is 1. The van der Waals surface area contributed by atoms with Crippen molar-refractivity contribution in [3.63, 3.8) is 0 Å². The molecule has 0 N–H and O–H groups in total. The molecule has 2 aliphatic heterocycles. The summed E-state index contributed by atoms with van der Waals surface area (Å²) in [7, 11) is 0. The molecule has 2 saturated heterocycles. The van der Waals surface area contributed by atoms with E-state index in [9.17, 15) is 4.79 Å². The van der Waals surface area contributed by atoms with Gasteiger partial charge in [-0.05, 0) is 38.4 Å². The highest BCUT2D eigenvalue weighted by atomic mass is 16.5. The Morgan fingerprint density at radius 2 is 2.19 bits per heavy atom. The van der Waals surface area contributed by atoms with Crippen LogP contribution in [-0.2, 0) is 22.7 Å². The van der Waals surface area contributed by atoms with Crippen LogP contribution in [0.1, 0.15) is 38.2 Å². The largest absolute Gasteiger partial charge is 0.461 e. The number of nitrogens with zero attached hydrogens (tertiary/aromatic N) is 2. The number of rotatable bonds is 4. The summed E-state index contributed by atoms with van der Waals surface area (Å²) in [6.07, 6.45) is 2.65. The lowest BCUT2D eigenvalue weighted by molar-refractivity contribution is -0.142. The predicted molar refractivity (Wildman–Crippen MR) is 78.6 cm³/mol. The Hall–Kier alpha value is -1.33. The molecular formula is C16H24N2O3. The van der Waals surface area contributed by atoms with Crippen molar-refractivity contribution in [2.24, 2.45) is 0 Å². The zero-order valence-corrected chi connectivity index (χ0v) is 12.9. The lowest BCUT2D eigenvalue weighted by Gasteiger charge is -2.41. The van der Waals surface area contributed by atoms with Gasteiger partial charge < -0.3 is 9.15 Å². The molecule has 0 aliphatic carbocycles. The number of hydrogen-bond acceptors (Lipinski definition) is 5. The summed E-state index contributed by atoms with van der Waals surface area (Å²) in [4.78, 5) is 15.9. The van der Waals surface area contributed by atoms with Crippen molar-refractivity contribution in [2.45, 2.75) is 51.9 Å². The van der Waals surface area contributed by atoms with Gasteiger partial charge >= 0.3 is 5.97 Å². The van der Waals surface area contributed by atoms with E-state index in [1.54, 1.807) is 0 Å². The average molecular weight is 292 g/mol. The quantitative estimate of drug-likeness (QED) is 0.794. The van der Waals surface area contributed by atoms with Crippen LogP contribution in [0.4, 0.5) is 0 Å². The van der Waals surface area contributed by atoms with Crippen molar-refractivity contribution >= 4 is 5.97 Å². The molecule has 2 fully saturated rings. The maximum Gasteiger partial charge on any atom is 0.303 e. The van der Waals surface area contributed by atoms with Gasteiger partial charge in [0, 0.05) is 32.1 Å². The molecule has 0 unspecified atom stereocenters. The SMILES string of the molecule is CC(=O)OCc1ccc(CN2C[C@H]3CCCN3C[C@H]2C)o1. The number of hydrogen-bond donors (Lipinski definition) is 0. The number of esters is 1. The van der Waals surface area contributed by atoms with Crippen molar-refractivity contribution in [2.75, 3.05) is 19.6 Å². The van der Waals surface area contributed by atoms with E-state index < -0.39 is 0 Å². The number of piperazine rings is 1. The molecule has 0 amide bonds. The smallest absolute Gasteiger partial charge is 0.303 e. The second kappa shape index (κ2) is 6.20. The first kappa shape index (κ1) is 14.6. The van der Waals surface area contributed by atoms with Crippen LogP contribution in [0.15, 0.2) is 16.5 Å². The average Bonchev–Trinajstić information content (AvgIpc) is 3.06. The molecule has 21 heavy (non-hydrogen) atoms. The molecule has 0 aromatic carbocycles. The summed E-state index contributed by atoms with van der Waals surface area (Å²) in [5, 5.41) is 0. The Morgan fingerprint density at radius 1 is 1.38 bits per heavy atom. The van der Waals surface area contributed by atoms with Crippen LogP contribution in [0.3, 0.4) is 0 Å². The van der Waals surface area contributed by atoms with E-state index in [-0.39, 0.29) is 12.6 Å². The third kappa shape index (κ3) is 3.47. The van der Waals surface area contributed by atoms with Crippen molar-refractivity contribution in [1.82, 2.24) is 9.80 Å². The van der Waals surface area contributed by atoms with Crippen LogP contribution in [0, 0.1) is 0 Å². The lowest BCUT2D eigenvalue weighted by Crippen LogP contribution is -2.54. The zero-order chi connectivity index (χ0) is 14.8. The van der Waals surface area contributed by atoms with Crippen LogP contribution in [-0.4, -0.2) is 47.5 Å². The second-order valence-electron chi connectivity index (χ2n) is 6.22. The van der Waals surface area contributed by atoms with E-state index in [1.807, 2.05) is 12.1 Å². The van der Waals surface area contributed by atoms with Gasteiger partial charge in [0.2, 0.25) is 0 Å². The van der Waals surface area contributed by atoms with Gasteiger partial charge in [0.1, 0.15) is 18.1 Å². The summed E-state index contributed by atoms with van der Waals surface area (Å²) in [6.45, 7) is 8.31. The van der Waals surface area contributed by atoms with E-state index >= 15 is 0 Å². The minimum atomic E-state index is -0.279. The summed E-state index contributed by atoms with van der Waals surface area (Å²) < 4.78 is 10.7. The van der Waals surface area contributed by atoms with E-state index in [2.05, 4.69) is 16.7 Å². The van der Waals surface area contributed by atoms with E-state index in [1.165, 1.54) is 26.3 Å². The van der Waals surface area contributed by atoms with Gasteiger partial charge in [0.05, 0.1) is 6.54 Å². The molecule has 0 spiro atoms. The Morgan fingerprint density at radius 3 is 3.00 bits per heavy atom. The Balaban J connectivity index is 1.57. The lowest BCUT2D eigenvalue weighted by atomic mass is 10.1. The molecule has 3 rings (SSSR count). The highest BCUT2D eigenvalue weighted by Crippen LogP contribution is 2.26. The van der Waals surface area contributed by atoms with Crippen molar-refractivity contribution in [3.05, 3.63) is 23.7 Å². The summed E-state index contributed by atoms with van der Waals surface area (Å²) in [5.74, 6) is 1.39. The molecule has 5 nitrogen and oxygen atoms in total. The highest BCUT2D eigenvalue weighted by molar-refractivity contribution is 5.65.